The molecular weight excluding hydrogens is 450 g/mol. The predicted molar refractivity (Wildman–Crippen MR) is 130 cm³/mol. The summed E-state index contributed by atoms with van der Waals surface area (Å²) < 4.78 is 10.8. The normalized spacial score (nSPS) is 17.8. The molecule has 1 unspecified atom stereocenters. The van der Waals surface area contributed by atoms with Crippen LogP contribution in [0.3, 0.4) is 0 Å². The number of ether oxygens (including phenoxy) is 2. The van der Waals surface area contributed by atoms with E-state index in [0.717, 1.165) is 43.6 Å². The zero-order chi connectivity index (χ0) is 25.4. The summed E-state index contributed by atoms with van der Waals surface area (Å²) in [7, 11) is 3.26. The zero-order valence-corrected chi connectivity index (χ0v) is 20.2. The van der Waals surface area contributed by atoms with Gasteiger partial charge in [0.05, 0.1) is 14.2 Å². The number of carboxylic acids is 2. The number of benzene rings is 2. The van der Waals surface area contributed by atoms with Crippen molar-refractivity contribution < 1.29 is 34.1 Å². The van der Waals surface area contributed by atoms with Gasteiger partial charge >= 0.3 is 11.9 Å². The zero-order valence-electron chi connectivity index (χ0n) is 20.2. The lowest BCUT2D eigenvalue weighted by atomic mass is 9.85. The third-order valence-electron chi connectivity index (χ3n) is 6.59. The summed E-state index contributed by atoms with van der Waals surface area (Å²) >= 11 is 0. The number of carboxylic acid groups (broad SMARTS) is 2. The number of nitrogens with zero attached hydrogens (tertiary/aromatic N) is 1. The first-order chi connectivity index (χ1) is 16.8. The van der Waals surface area contributed by atoms with Crippen molar-refractivity contribution in [3.8, 4) is 11.5 Å². The molecule has 2 aromatic rings. The lowest BCUT2D eigenvalue weighted by molar-refractivity contribution is -0.147. The maximum absolute atomic E-state index is 12.9. The molecule has 8 heteroatoms. The van der Waals surface area contributed by atoms with Crippen LogP contribution in [0.5, 0.6) is 11.5 Å². The lowest BCUT2D eigenvalue weighted by Gasteiger charge is -2.32. The molecule has 0 radical (unpaired) electrons. The van der Waals surface area contributed by atoms with Gasteiger partial charge in [0, 0.05) is 18.0 Å². The van der Waals surface area contributed by atoms with E-state index in [0.29, 0.717) is 17.4 Å². The number of aliphatic carboxylic acids is 2. The quantitative estimate of drug-likeness (QED) is 0.544. The van der Waals surface area contributed by atoms with E-state index in [2.05, 4.69) is 35.2 Å². The van der Waals surface area contributed by atoms with Crippen LogP contribution in [0.2, 0.25) is 0 Å². The summed E-state index contributed by atoms with van der Waals surface area (Å²) in [6.45, 7) is 3.27. The average molecular weight is 484 g/mol. The first-order valence-electron chi connectivity index (χ1n) is 11.8. The van der Waals surface area contributed by atoms with E-state index in [1.165, 1.54) is 18.4 Å². The summed E-state index contributed by atoms with van der Waals surface area (Å²) in [6.07, 6.45) is 3.38. The van der Waals surface area contributed by atoms with Crippen molar-refractivity contribution in [3.05, 3.63) is 59.2 Å². The van der Waals surface area contributed by atoms with Gasteiger partial charge in [0.2, 0.25) is 0 Å². The van der Waals surface area contributed by atoms with Crippen LogP contribution >= 0.6 is 0 Å². The molecule has 2 aromatic carbocycles. The largest absolute Gasteiger partial charge is 0.493 e. The monoisotopic (exact) mass is 483 g/mol. The van der Waals surface area contributed by atoms with Crippen LogP contribution < -0.4 is 9.47 Å². The number of likely N-dealkylation sites (tertiary alicyclic amines) is 1. The van der Waals surface area contributed by atoms with Crippen LogP contribution in [0.4, 0.5) is 0 Å². The first-order valence-corrected chi connectivity index (χ1v) is 11.8. The molecule has 4 rings (SSSR count). The smallest absolute Gasteiger partial charge is 0.314 e. The van der Waals surface area contributed by atoms with E-state index >= 15 is 0 Å². The minimum absolute atomic E-state index is 0.109. The number of piperidine rings is 1. The van der Waals surface area contributed by atoms with Crippen LogP contribution in [-0.4, -0.2) is 60.1 Å². The average Bonchev–Trinajstić information content (AvgIpc) is 3.13. The Kier molecular flexibility index (Phi) is 9.25. The first kappa shape index (κ1) is 26.2. The molecule has 2 aliphatic rings. The topological polar surface area (TPSA) is 113 Å². The Morgan fingerprint density at radius 3 is 2.11 bits per heavy atom. The molecule has 0 aromatic heterocycles. The third-order valence-corrected chi connectivity index (χ3v) is 6.59. The van der Waals surface area contributed by atoms with Crippen molar-refractivity contribution in [2.75, 3.05) is 27.3 Å². The third kappa shape index (κ3) is 7.29. The van der Waals surface area contributed by atoms with Crippen LogP contribution in [0, 0.1) is 11.8 Å². The highest BCUT2D eigenvalue weighted by molar-refractivity contribution is 6.02. The molecule has 0 saturated carbocycles. The van der Waals surface area contributed by atoms with Gasteiger partial charge in [0.25, 0.3) is 0 Å². The van der Waals surface area contributed by atoms with E-state index < -0.39 is 18.4 Å². The van der Waals surface area contributed by atoms with Gasteiger partial charge in [-0.2, -0.15) is 0 Å². The van der Waals surface area contributed by atoms with E-state index in [9.17, 15) is 14.4 Å². The second-order valence-corrected chi connectivity index (χ2v) is 9.03. The molecule has 1 fully saturated rings. The summed E-state index contributed by atoms with van der Waals surface area (Å²) in [5, 5.41) is 15.4. The number of Topliss-reactive ketones (excluding diaryl/α,β-unsaturated/α-hetero) is 1. The highest BCUT2D eigenvalue weighted by atomic mass is 16.5. The van der Waals surface area contributed by atoms with Crippen molar-refractivity contribution in [2.24, 2.45) is 11.8 Å². The molecule has 0 spiro atoms. The summed E-state index contributed by atoms with van der Waals surface area (Å²) in [5.41, 5.74) is 3.31. The molecule has 35 heavy (non-hydrogen) atoms. The highest BCUT2D eigenvalue weighted by Gasteiger charge is 2.34. The maximum Gasteiger partial charge on any atom is 0.314 e. The van der Waals surface area contributed by atoms with E-state index in [-0.39, 0.29) is 11.7 Å². The minimum atomic E-state index is -1.31. The van der Waals surface area contributed by atoms with Crippen LogP contribution in [0.25, 0.3) is 0 Å². The van der Waals surface area contributed by atoms with Crippen LogP contribution in [-0.2, 0) is 22.6 Å². The fourth-order valence-corrected chi connectivity index (χ4v) is 4.84. The van der Waals surface area contributed by atoms with Gasteiger partial charge in [0.15, 0.2) is 17.3 Å². The molecule has 1 aliphatic carbocycles. The SMILES string of the molecule is COc1cc2c(cc1OC)C(=O)C(CC1CCN(Cc3ccccc3)CC1)C2.O=C(O)CC(=O)O. The Morgan fingerprint density at radius 1 is 0.971 bits per heavy atom. The molecule has 8 nitrogen and oxygen atoms in total. The van der Waals surface area contributed by atoms with Gasteiger partial charge in [-0.3, -0.25) is 19.3 Å². The highest BCUT2D eigenvalue weighted by Crippen LogP contribution is 2.39. The van der Waals surface area contributed by atoms with Crippen molar-refractivity contribution in [1.29, 1.82) is 0 Å². The number of hydrogen-bond donors (Lipinski definition) is 2. The van der Waals surface area contributed by atoms with Crippen molar-refractivity contribution in [2.45, 2.75) is 38.6 Å². The van der Waals surface area contributed by atoms with Gasteiger partial charge in [-0.25, -0.2) is 0 Å². The van der Waals surface area contributed by atoms with Gasteiger partial charge in [0.1, 0.15) is 6.42 Å². The molecule has 1 aliphatic heterocycles. The van der Waals surface area contributed by atoms with Crippen LogP contribution in [0.15, 0.2) is 42.5 Å². The minimum Gasteiger partial charge on any atom is -0.493 e. The van der Waals surface area contributed by atoms with Crippen LogP contribution in [0.1, 0.15) is 47.2 Å². The van der Waals surface area contributed by atoms with Crippen molar-refractivity contribution in [1.82, 2.24) is 4.90 Å². The Bertz CT molecular complexity index is 1020. The Labute approximate surface area is 205 Å². The number of fused-ring (bicyclic) bond motifs is 1. The lowest BCUT2D eigenvalue weighted by Crippen LogP contribution is -2.34. The standard InChI is InChI=1S/C24H29NO3.C3H4O4/c1-27-22-14-19-13-20(24(26)21(19)15-23(22)28-2)12-17-8-10-25(11-9-17)16-18-6-4-3-5-7-18;4-2(5)1-3(6)7/h3-7,14-15,17,20H,8-13,16H2,1-2H3;1H2,(H,4,5)(H,6,7). The molecule has 0 amide bonds. The number of carbonyl (C=O) groups excluding carboxylic acids is 1. The number of carbonyl (C=O) groups is 3. The molecule has 1 saturated heterocycles. The summed E-state index contributed by atoms with van der Waals surface area (Å²) in [4.78, 5) is 34.3. The predicted octanol–water partition coefficient (Wildman–Crippen LogP) is 3.91. The Hall–Kier alpha value is -3.39. The Morgan fingerprint density at radius 2 is 1.57 bits per heavy atom. The molecular formula is C27H33NO7. The van der Waals surface area contributed by atoms with Gasteiger partial charge in [-0.15, -0.1) is 0 Å². The van der Waals surface area contributed by atoms with Crippen molar-refractivity contribution >= 4 is 17.7 Å². The molecule has 1 heterocycles. The van der Waals surface area contributed by atoms with E-state index in [1.54, 1.807) is 14.2 Å². The van der Waals surface area contributed by atoms with Gasteiger partial charge in [-0.1, -0.05) is 30.3 Å². The summed E-state index contributed by atoms with van der Waals surface area (Å²) in [6, 6.07) is 14.5. The fraction of sp³-hybridized carbons (Fsp3) is 0.444. The van der Waals surface area contributed by atoms with E-state index in [4.69, 9.17) is 19.7 Å². The summed E-state index contributed by atoms with van der Waals surface area (Å²) in [5.74, 6) is -0.243. The van der Waals surface area contributed by atoms with E-state index in [1.807, 2.05) is 12.1 Å². The number of methoxy groups -OCH3 is 2. The number of rotatable bonds is 8. The maximum atomic E-state index is 12.9. The van der Waals surface area contributed by atoms with Gasteiger partial charge in [-0.05, 0) is 68.0 Å². The Balaban J connectivity index is 0.000000429. The number of hydrogen-bond acceptors (Lipinski definition) is 6. The molecule has 0 bridgehead atoms. The molecule has 2 N–H and O–H groups in total. The number of ketones is 1. The molecule has 1 atom stereocenters. The van der Waals surface area contributed by atoms with Gasteiger partial charge < -0.3 is 19.7 Å². The fourth-order valence-electron chi connectivity index (χ4n) is 4.84. The molecule has 188 valence electrons. The van der Waals surface area contributed by atoms with Crippen molar-refractivity contribution in [3.63, 3.8) is 0 Å². The second-order valence-electron chi connectivity index (χ2n) is 9.03. The second kappa shape index (κ2) is 12.4.